The van der Waals surface area contributed by atoms with E-state index < -0.39 is 0 Å². The Morgan fingerprint density at radius 3 is 2.21 bits per heavy atom. The lowest BCUT2D eigenvalue weighted by molar-refractivity contribution is 0.0983. The van der Waals surface area contributed by atoms with Gasteiger partial charge in [-0.1, -0.05) is 57.0 Å². The average Bonchev–Trinajstić information content (AvgIpc) is 2.75. The summed E-state index contributed by atoms with van der Waals surface area (Å²) in [5.41, 5.74) is 1.97. The van der Waals surface area contributed by atoms with Gasteiger partial charge in [0.25, 0.3) is 0 Å². The lowest BCUT2D eigenvalue weighted by atomic mass is 10.0. The summed E-state index contributed by atoms with van der Waals surface area (Å²) in [5, 5.41) is 0. The second-order valence-electron chi connectivity index (χ2n) is 7.22. The minimum Gasteiger partial charge on any atom is -0.494 e. The maximum atomic E-state index is 12.3. The fourth-order valence-corrected chi connectivity index (χ4v) is 3.30. The van der Waals surface area contributed by atoms with E-state index in [1.54, 1.807) is 0 Å². The predicted molar refractivity (Wildman–Crippen MR) is 117 cm³/mol. The first-order valence-corrected chi connectivity index (χ1v) is 10.7. The monoisotopic (exact) mass is 381 g/mol. The summed E-state index contributed by atoms with van der Waals surface area (Å²) in [5.74, 6) is 1.03. The number of Topliss-reactive ketones (excluding diaryl/α,β-unsaturated/α-hetero) is 1. The molecular formula is C25H35NO2. The Morgan fingerprint density at radius 2 is 1.54 bits per heavy atom. The molecule has 28 heavy (non-hydrogen) atoms. The van der Waals surface area contributed by atoms with E-state index in [0.29, 0.717) is 6.42 Å². The van der Waals surface area contributed by atoms with E-state index >= 15 is 0 Å². The third kappa shape index (κ3) is 8.26. The molecule has 0 aliphatic rings. The second-order valence-corrected chi connectivity index (χ2v) is 7.22. The van der Waals surface area contributed by atoms with Crippen molar-refractivity contribution in [2.45, 2.75) is 52.4 Å². The molecular weight excluding hydrogens is 346 g/mol. The molecule has 0 spiro atoms. The number of ketones is 1. The van der Waals surface area contributed by atoms with Gasteiger partial charge in [0.1, 0.15) is 5.75 Å². The van der Waals surface area contributed by atoms with Crippen molar-refractivity contribution in [2.24, 2.45) is 0 Å². The molecule has 3 nitrogen and oxygen atoms in total. The van der Waals surface area contributed by atoms with Crippen LogP contribution in [0.4, 0.5) is 0 Å². The number of carbonyl (C=O) groups is 1. The molecule has 0 fully saturated rings. The number of nitrogens with zero attached hydrogens (tertiary/aromatic N) is 1. The molecule has 2 aromatic rings. The first kappa shape index (κ1) is 22.2. The molecule has 2 aromatic carbocycles. The molecule has 0 heterocycles. The number of hydrogen-bond acceptors (Lipinski definition) is 3. The highest BCUT2D eigenvalue weighted by molar-refractivity contribution is 5.96. The lowest BCUT2D eigenvalue weighted by Crippen LogP contribution is -2.23. The van der Waals surface area contributed by atoms with Gasteiger partial charge in [-0.2, -0.15) is 0 Å². The van der Waals surface area contributed by atoms with Crippen molar-refractivity contribution >= 4 is 5.78 Å². The Kier molecular flexibility index (Phi) is 10.4. The molecule has 0 aliphatic carbocycles. The van der Waals surface area contributed by atoms with Crippen LogP contribution in [-0.2, 0) is 6.42 Å². The van der Waals surface area contributed by atoms with Gasteiger partial charge in [-0.05, 0) is 68.7 Å². The zero-order chi connectivity index (χ0) is 20.0. The zero-order valence-corrected chi connectivity index (χ0v) is 17.5. The van der Waals surface area contributed by atoms with Crippen LogP contribution in [0.1, 0.15) is 61.9 Å². The highest BCUT2D eigenvalue weighted by Crippen LogP contribution is 2.15. The molecule has 0 amide bonds. The molecule has 0 aliphatic heterocycles. The summed E-state index contributed by atoms with van der Waals surface area (Å²) in [7, 11) is 0. The third-order valence-electron chi connectivity index (χ3n) is 5.19. The fourth-order valence-electron chi connectivity index (χ4n) is 3.30. The van der Waals surface area contributed by atoms with Gasteiger partial charge >= 0.3 is 0 Å². The van der Waals surface area contributed by atoms with Crippen molar-refractivity contribution < 1.29 is 9.53 Å². The largest absolute Gasteiger partial charge is 0.494 e. The Morgan fingerprint density at radius 1 is 0.857 bits per heavy atom. The van der Waals surface area contributed by atoms with Crippen LogP contribution in [0.3, 0.4) is 0 Å². The van der Waals surface area contributed by atoms with Crippen molar-refractivity contribution in [3.8, 4) is 5.75 Å². The van der Waals surface area contributed by atoms with Crippen LogP contribution in [0.25, 0.3) is 0 Å². The third-order valence-corrected chi connectivity index (χ3v) is 5.19. The number of rotatable bonds is 14. The van der Waals surface area contributed by atoms with Gasteiger partial charge in [-0.15, -0.1) is 0 Å². The Hall–Kier alpha value is -2.13. The van der Waals surface area contributed by atoms with Gasteiger partial charge in [0, 0.05) is 12.0 Å². The predicted octanol–water partition coefficient (Wildman–Crippen LogP) is 5.78. The number of carbonyl (C=O) groups excluding carboxylic acids is 1. The van der Waals surface area contributed by atoms with Crippen molar-refractivity contribution in [3.05, 3.63) is 65.7 Å². The van der Waals surface area contributed by atoms with Crippen LogP contribution in [0.15, 0.2) is 54.6 Å². The molecule has 152 valence electrons. The minimum absolute atomic E-state index is 0.184. The lowest BCUT2D eigenvalue weighted by Gasteiger charge is -2.17. The highest BCUT2D eigenvalue weighted by Gasteiger charge is 2.06. The summed E-state index contributed by atoms with van der Waals surface area (Å²) in [6.07, 6.45) is 6.13. The van der Waals surface area contributed by atoms with E-state index in [1.807, 2.05) is 42.5 Å². The summed E-state index contributed by atoms with van der Waals surface area (Å²) < 4.78 is 5.82. The zero-order valence-electron chi connectivity index (χ0n) is 17.5. The molecule has 0 atom stereocenters. The summed E-state index contributed by atoms with van der Waals surface area (Å²) >= 11 is 0. The molecule has 0 saturated carbocycles. The van der Waals surface area contributed by atoms with Crippen LogP contribution in [0.5, 0.6) is 5.75 Å². The number of hydrogen-bond donors (Lipinski definition) is 0. The van der Waals surface area contributed by atoms with Gasteiger partial charge in [0.2, 0.25) is 0 Å². The highest BCUT2D eigenvalue weighted by atomic mass is 16.5. The molecule has 0 N–H and O–H groups in total. The molecule has 2 rings (SSSR count). The van der Waals surface area contributed by atoms with Gasteiger partial charge in [-0.25, -0.2) is 0 Å². The first-order chi connectivity index (χ1) is 13.7. The van der Waals surface area contributed by atoms with Crippen molar-refractivity contribution in [2.75, 3.05) is 26.2 Å². The van der Waals surface area contributed by atoms with Gasteiger partial charge in [-0.3, -0.25) is 4.79 Å². The van der Waals surface area contributed by atoms with Crippen LogP contribution in [-0.4, -0.2) is 36.9 Å². The minimum atomic E-state index is 0.184. The van der Waals surface area contributed by atoms with Gasteiger partial charge in [0.05, 0.1) is 6.61 Å². The van der Waals surface area contributed by atoms with E-state index in [1.165, 1.54) is 31.4 Å². The SMILES string of the molecule is CCN(CC)CCCCCCOc1ccc(C(=O)CCc2ccccc2)cc1. The standard InChI is InChI=1S/C25H35NO2/c1-3-26(4-2)20-10-5-6-11-21-28-24-17-15-23(16-18-24)25(27)19-14-22-12-8-7-9-13-22/h7-9,12-13,15-18H,3-6,10-11,14,19-21H2,1-2H3. The van der Waals surface area contributed by atoms with Crippen LogP contribution in [0.2, 0.25) is 0 Å². The molecule has 0 bridgehead atoms. The maximum absolute atomic E-state index is 12.3. The van der Waals surface area contributed by atoms with E-state index in [0.717, 1.165) is 43.9 Å². The smallest absolute Gasteiger partial charge is 0.163 e. The van der Waals surface area contributed by atoms with Crippen LogP contribution in [0, 0.1) is 0 Å². The number of unbranched alkanes of at least 4 members (excludes halogenated alkanes) is 3. The number of aryl methyl sites for hydroxylation is 1. The Bertz CT molecular complexity index is 663. The normalized spacial score (nSPS) is 11.0. The molecule has 0 aromatic heterocycles. The van der Waals surface area contributed by atoms with E-state index in [4.69, 9.17) is 4.74 Å². The molecule has 0 radical (unpaired) electrons. The number of ether oxygens (including phenoxy) is 1. The summed E-state index contributed by atoms with van der Waals surface area (Å²) in [6.45, 7) is 8.67. The van der Waals surface area contributed by atoms with Crippen molar-refractivity contribution in [1.29, 1.82) is 0 Å². The molecule has 3 heteroatoms. The Labute approximate surface area is 170 Å². The summed E-state index contributed by atoms with van der Waals surface area (Å²) in [4.78, 5) is 14.8. The van der Waals surface area contributed by atoms with Gasteiger partial charge in [0.15, 0.2) is 5.78 Å². The van der Waals surface area contributed by atoms with Gasteiger partial charge < -0.3 is 9.64 Å². The Balaban J connectivity index is 1.61. The maximum Gasteiger partial charge on any atom is 0.163 e. The average molecular weight is 382 g/mol. The summed E-state index contributed by atoms with van der Waals surface area (Å²) in [6, 6.07) is 17.7. The first-order valence-electron chi connectivity index (χ1n) is 10.7. The van der Waals surface area contributed by atoms with E-state index in [-0.39, 0.29) is 5.78 Å². The van der Waals surface area contributed by atoms with E-state index in [2.05, 4.69) is 30.9 Å². The fraction of sp³-hybridized carbons (Fsp3) is 0.480. The molecule has 0 saturated heterocycles. The van der Waals surface area contributed by atoms with Crippen molar-refractivity contribution in [3.63, 3.8) is 0 Å². The number of benzene rings is 2. The topological polar surface area (TPSA) is 29.5 Å². The van der Waals surface area contributed by atoms with E-state index in [9.17, 15) is 4.79 Å². The van der Waals surface area contributed by atoms with Crippen LogP contribution < -0.4 is 4.74 Å². The molecule has 0 unspecified atom stereocenters. The second kappa shape index (κ2) is 13.1. The van der Waals surface area contributed by atoms with Crippen molar-refractivity contribution in [1.82, 2.24) is 4.90 Å². The quantitative estimate of drug-likeness (QED) is 0.307. The van der Waals surface area contributed by atoms with Crippen LogP contribution >= 0.6 is 0 Å².